The average Bonchev–Trinajstić information content (AvgIpc) is 3.25. The highest BCUT2D eigenvalue weighted by molar-refractivity contribution is 6.30. The number of Topliss-reactive ketones (excluding diaryl/α,β-unsaturated/α-hetero) is 1. The second-order valence-corrected chi connectivity index (χ2v) is 8.90. The maximum Gasteiger partial charge on any atom is 0.355 e. The number of fused-ring (bicyclic) bond motifs is 1. The molecular weight excluding hydrogens is 430 g/mol. The standard InChI is InChI=1S/C23H22ClN5O3/c1-23(2,3)15-9-5-13(6-10-15)19-17(20(30)14-7-11-16(24)12-8-14)18(21(31)32-4)25-22-26-27-28-29(19)22/h5-12,19H,1-4H3,(H,25,26,28)/t19-/m1/s1. The van der Waals surface area contributed by atoms with Gasteiger partial charge in [0.05, 0.1) is 12.7 Å². The zero-order valence-corrected chi connectivity index (χ0v) is 18.8. The molecule has 164 valence electrons. The first kappa shape index (κ1) is 21.7. The molecule has 4 rings (SSSR count). The molecule has 0 bridgehead atoms. The van der Waals surface area contributed by atoms with Crippen molar-refractivity contribution in [1.29, 1.82) is 0 Å². The molecule has 1 atom stereocenters. The molecule has 9 heteroatoms. The number of carbonyl (C=O) groups excluding carboxylic acids is 2. The third kappa shape index (κ3) is 3.89. The summed E-state index contributed by atoms with van der Waals surface area (Å²) in [7, 11) is 1.26. The summed E-state index contributed by atoms with van der Waals surface area (Å²) in [6.45, 7) is 6.37. The lowest BCUT2D eigenvalue weighted by atomic mass is 9.84. The van der Waals surface area contributed by atoms with Crippen molar-refractivity contribution in [3.8, 4) is 0 Å². The first-order valence-electron chi connectivity index (χ1n) is 9.99. The van der Waals surface area contributed by atoms with E-state index in [0.717, 1.165) is 11.1 Å². The number of ether oxygens (including phenoxy) is 1. The lowest BCUT2D eigenvalue weighted by Crippen LogP contribution is -2.33. The molecule has 0 saturated heterocycles. The molecule has 2 heterocycles. The quantitative estimate of drug-likeness (QED) is 0.473. The lowest BCUT2D eigenvalue weighted by molar-refractivity contribution is -0.136. The van der Waals surface area contributed by atoms with E-state index in [4.69, 9.17) is 16.3 Å². The van der Waals surface area contributed by atoms with Gasteiger partial charge >= 0.3 is 5.97 Å². The summed E-state index contributed by atoms with van der Waals surface area (Å²) in [6, 6.07) is 13.6. The second kappa shape index (κ2) is 8.20. The summed E-state index contributed by atoms with van der Waals surface area (Å²) in [5.41, 5.74) is 2.41. The molecular formula is C23H22ClN5O3. The summed E-state index contributed by atoms with van der Waals surface area (Å²) in [5, 5.41) is 15.1. The van der Waals surface area contributed by atoms with Crippen LogP contribution in [0.1, 0.15) is 48.3 Å². The van der Waals surface area contributed by atoms with E-state index < -0.39 is 12.0 Å². The van der Waals surface area contributed by atoms with E-state index in [1.807, 2.05) is 24.3 Å². The van der Waals surface area contributed by atoms with Crippen molar-refractivity contribution < 1.29 is 14.3 Å². The van der Waals surface area contributed by atoms with Gasteiger partial charge in [-0.25, -0.2) is 4.79 Å². The summed E-state index contributed by atoms with van der Waals surface area (Å²) in [6.07, 6.45) is 0. The van der Waals surface area contributed by atoms with Crippen molar-refractivity contribution in [2.75, 3.05) is 12.4 Å². The van der Waals surface area contributed by atoms with Gasteiger partial charge in [0.1, 0.15) is 11.7 Å². The molecule has 0 spiro atoms. The van der Waals surface area contributed by atoms with Gasteiger partial charge in [-0.15, -0.1) is 0 Å². The fourth-order valence-electron chi connectivity index (χ4n) is 3.62. The van der Waals surface area contributed by atoms with Crippen LogP contribution < -0.4 is 5.32 Å². The van der Waals surface area contributed by atoms with Crippen molar-refractivity contribution in [3.63, 3.8) is 0 Å². The number of ketones is 1. The molecule has 3 aromatic rings. The van der Waals surface area contributed by atoms with Crippen LogP contribution in [0.5, 0.6) is 0 Å². The van der Waals surface area contributed by atoms with Crippen molar-refractivity contribution in [2.45, 2.75) is 32.2 Å². The molecule has 1 aromatic heterocycles. The lowest BCUT2D eigenvalue weighted by Gasteiger charge is -2.28. The number of allylic oxidation sites excluding steroid dienone is 1. The van der Waals surface area contributed by atoms with Crippen LogP contribution in [0.2, 0.25) is 5.02 Å². The van der Waals surface area contributed by atoms with Crippen molar-refractivity contribution in [1.82, 2.24) is 20.2 Å². The van der Waals surface area contributed by atoms with Crippen LogP contribution >= 0.6 is 11.6 Å². The van der Waals surface area contributed by atoms with Gasteiger partial charge in [-0.2, -0.15) is 4.68 Å². The molecule has 0 radical (unpaired) electrons. The number of tetrazole rings is 1. The van der Waals surface area contributed by atoms with Gasteiger partial charge in [0, 0.05) is 10.6 Å². The third-order valence-corrected chi connectivity index (χ3v) is 5.60. The number of benzene rings is 2. The van der Waals surface area contributed by atoms with Crippen LogP contribution in [0.15, 0.2) is 59.8 Å². The smallest absolute Gasteiger partial charge is 0.355 e. The first-order valence-corrected chi connectivity index (χ1v) is 10.4. The third-order valence-electron chi connectivity index (χ3n) is 5.35. The Kier molecular flexibility index (Phi) is 5.56. The summed E-state index contributed by atoms with van der Waals surface area (Å²) in [4.78, 5) is 26.3. The Balaban J connectivity index is 1.91. The Morgan fingerprint density at radius 3 is 2.31 bits per heavy atom. The highest BCUT2D eigenvalue weighted by Gasteiger charge is 2.38. The van der Waals surface area contributed by atoms with Gasteiger partial charge in [-0.1, -0.05) is 61.7 Å². The molecule has 1 aliphatic rings. The van der Waals surface area contributed by atoms with Gasteiger partial charge in [-0.05, 0) is 51.2 Å². The molecule has 0 unspecified atom stereocenters. The number of rotatable bonds is 4. The van der Waals surface area contributed by atoms with E-state index >= 15 is 0 Å². The molecule has 0 fully saturated rings. The molecule has 32 heavy (non-hydrogen) atoms. The van der Waals surface area contributed by atoms with Crippen molar-refractivity contribution in [3.05, 3.63) is 81.5 Å². The fraction of sp³-hybridized carbons (Fsp3) is 0.261. The van der Waals surface area contributed by atoms with Crippen LogP contribution in [-0.2, 0) is 14.9 Å². The van der Waals surface area contributed by atoms with Crippen LogP contribution in [0.4, 0.5) is 5.95 Å². The van der Waals surface area contributed by atoms with Crippen molar-refractivity contribution >= 4 is 29.3 Å². The van der Waals surface area contributed by atoms with E-state index in [2.05, 4.69) is 41.6 Å². The number of aromatic nitrogens is 4. The predicted molar refractivity (Wildman–Crippen MR) is 120 cm³/mol. The first-order chi connectivity index (χ1) is 15.2. The van der Waals surface area contributed by atoms with Gasteiger partial charge in [-0.3, -0.25) is 4.79 Å². The van der Waals surface area contributed by atoms with Crippen molar-refractivity contribution in [2.24, 2.45) is 0 Å². The Morgan fingerprint density at radius 2 is 1.72 bits per heavy atom. The number of hydrogen-bond donors (Lipinski definition) is 1. The SMILES string of the molecule is COC(=O)C1=C(C(=O)c2ccc(Cl)cc2)[C@@H](c2ccc(C(C)(C)C)cc2)n2nnnc2N1. The summed E-state index contributed by atoms with van der Waals surface area (Å²) in [5.74, 6) is -0.809. The number of nitrogens with zero attached hydrogens (tertiary/aromatic N) is 4. The van der Waals surface area contributed by atoms with E-state index in [1.165, 1.54) is 11.8 Å². The van der Waals surface area contributed by atoms with Gasteiger partial charge in [0.2, 0.25) is 5.95 Å². The topological polar surface area (TPSA) is 99.0 Å². The van der Waals surface area contributed by atoms with E-state index in [1.54, 1.807) is 24.3 Å². The zero-order valence-electron chi connectivity index (χ0n) is 18.1. The van der Waals surface area contributed by atoms with E-state index in [0.29, 0.717) is 10.6 Å². The predicted octanol–water partition coefficient (Wildman–Crippen LogP) is 3.95. The van der Waals surface area contributed by atoms with Crippen LogP contribution in [0, 0.1) is 0 Å². The van der Waals surface area contributed by atoms with E-state index in [-0.39, 0.29) is 28.4 Å². The Morgan fingerprint density at radius 1 is 1.06 bits per heavy atom. The maximum atomic E-state index is 13.7. The number of carbonyl (C=O) groups is 2. The molecule has 0 aliphatic carbocycles. The number of methoxy groups -OCH3 is 1. The monoisotopic (exact) mass is 451 g/mol. The van der Waals surface area contributed by atoms with Gasteiger partial charge < -0.3 is 10.1 Å². The fourth-order valence-corrected chi connectivity index (χ4v) is 3.74. The minimum atomic E-state index is -0.729. The Hall–Kier alpha value is -3.52. The largest absolute Gasteiger partial charge is 0.464 e. The number of hydrogen-bond acceptors (Lipinski definition) is 7. The molecule has 1 aliphatic heterocycles. The maximum absolute atomic E-state index is 13.7. The summed E-state index contributed by atoms with van der Waals surface area (Å²) >= 11 is 5.99. The molecule has 0 amide bonds. The van der Waals surface area contributed by atoms with Crippen LogP contribution in [0.3, 0.4) is 0 Å². The highest BCUT2D eigenvalue weighted by Crippen LogP contribution is 2.37. The minimum Gasteiger partial charge on any atom is -0.464 e. The number of anilines is 1. The average molecular weight is 452 g/mol. The molecule has 2 aromatic carbocycles. The highest BCUT2D eigenvalue weighted by atomic mass is 35.5. The second-order valence-electron chi connectivity index (χ2n) is 8.46. The summed E-state index contributed by atoms with van der Waals surface area (Å²) < 4.78 is 6.44. The van der Waals surface area contributed by atoms with Crippen LogP contribution in [-0.4, -0.2) is 39.1 Å². The molecule has 0 saturated carbocycles. The Labute approximate surface area is 190 Å². The van der Waals surface area contributed by atoms with E-state index in [9.17, 15) is 9.59 Å². The number of halogens is 1. The van der Waals surface area contributed by atoms with Gasteiger partial charge in [0.15, 0.2) is 5.78 Å². The zero-order chi connectivity index (χ0) is 23.0. The molecule has 1 N–H and O–H groups in total. The van der Waals surface area contributed by atoms with Crippen LogP contribution in [0.25, 0.3) is 0 Å². The number of esters is 1. The number of nitrogens with one attached hydrogen (secondary N) is 1. The molecule has 8 nitrogen and oxygen atoms in total. The Bertz CT molecular complexity index is 1210. The minimum absolute atomic E-state index is 0.000326. The normalized spacial score (nSPS) is 15.7. The van der Waals surface area contributed by atoms with Gasteiger partial charge in [0.25, 0.3) is 0 Å².